The van der Waals surface area contributed by atoms with Crippen molar-refractivity contribution in [3.05, 3.63) is 11.8 Å². The summed E-state index contributed by atoms with van der Waals surface area (Å²) in [7, 11) is 2.11. The van der Waals surface area contributed by atoms with Gasteiger partial charge in [-0.1, -0.05) is 0 Å². The normalized spacial score (nSPS) is 16.6. The van der Waals surface area contributed by atoms with E-state index in [1.54, 1.807) is 0 Å². The van der Waals surface area contributed by atoms with Crippen molar-refractivity contribution in [3.63, 3.8) is 0 Å². The maximum Gasteiger partial charge on any atom is 0.224 e. The van der Waals surface area contributed by atoms with Crippen molar-refractivity contribution in [2.75, 3.05) is 37.0 Å². The summed E-state index contributed by atoms with van der Waals surface area (Å²) in [6, 6.07) is 0.516. The third kappa shape index (κ3) is 2.90. The molecule has 0 aliphatic carbocycles. The van der Waals surface area contributed by atoms with Gasteiger partial charge >= 0.3 is 0 Å². The number of anilines is 2. The third-order valence-electron chi connectivity index (χ3n) is 3.35. The summed E-state index contributed by atoms with van der Waals surface area (Å²) in [5, 5.41) is 3.16. The first-order chi connectivity index (χ1) is 8.72. The lowest BCUT2D eigenvalue weighted by Crippen LogP contribution is -2.37. The molecule has 0 bridgehead atoms. The number of hydrogen-bond donors (Lipinski definition) is 1. The van der Waals surface area contributed by atoms with Crippen LogP contribution in [0.15, 0.2) is 6.20 Å². The first-order valence-corrected chi connectivity index (χ1v) is 6.60. The van der Waals surface area contributed by atoms with Crippen LogP contribution in [0.1, 0.15) is 25.3 Å². The van der Waals surface area contributed by atoms with Gasteiger partial charge in [-0.15, -0.1) is 0 Å². The fourth-order valence-corrected chi connectivity index (χ4v) is 2.28. The van der Waals surface area contributed by atoms with E-state index >= 15 is 0 Å². The standard InChI is InChI=1S/C13H22N4O/c1-4-14-13-15-9-10(2)12(16-13)17(3)11-5-7-18-8-6-11/h9,11H,4-8H2,1-3H3,(H,14,15,16). The molecular weight excluding hydrogens is 228 g/mol. The Labute approximate surface area is 109 Å². The largest absolute Gasteiger partial charge is 0.381 e. The molecule has 0 atom stereocenters. The monoisotopic (exact) mass is 250 g/mol. The van der Waals surface area contributed by atoms with Crippen LogP contribution >= 0.6 is 0 Å². The smallest absolute Gasteiger partial charge is 0.224 e. The van der Waals surface area contributed by atoms with E-state index in [0.717, 1.165) is 44.0 Å². The van der Waals surface area contributed by atoms with Crippen molar-refractivity contribution in [1.29, 1.82) is 0 Å². The lowest BCUT2D eigenvalue weighted by Gasteiger charge is -2.32. The Morgan fingerprint density at radius 1 is 1.44 bits per heavy atom. The molecule has 1 aromatic rings. The predicted molar refractivity (Wildman–Crippen MR) is 73.2 cm³/mol. The first-order valence-electron chi connectivity index (χ1n) is 6.60. The number of nitrogens with zero attached hydrogens (tertiary/aromatic N) is 3. The number of rotatable bonds is 4. The Kier molecular flexibility index (Phi) is 4.36. The Morgan fingerprint density at radius 2 is 2.17 bits per heavy atom. The molecule has 0 radical (unpaired) electrons. The summed E-state index contributed by atoms with van der Waals surface area (Å²) in [5.41, 5.74) is 1.12. The van der Waals surface area contributed by atoms with Crippen LogP contribution in [0.3, 0.4) is 0 Å². The second-order valence-electron chi connectivity index (χ2n) is 4.69. The fraction of sp³-hybridized carbons (Fsp3) is 0.692. The lowest BCUT2D eigenvalue weighted by molar-refractivity contribution is 0.0853. The summed E-state index contributed by atoms with van der Waals surface area (Å²) in [6.45, 7) is 6.63. The Bertz CT molecular complexity index is 391. The van der Waals surface area contributed by atoms with Gasteiger partial charge in [0.2, 0.25) is 5.95 Å². The molecule has 1 aromatic heterocycles. The number of hydrogen-bond acceptors (Lipinski definition) is 5. The van der Waals surface area contributed by atoms with Crippen molar-refractivity contribution >= 4 is 11.8 Å². The van der Waals surface area contributed by atoms with Crippen LogP contribution in [0, 0.1) is 6.92 Å². The molecule has 100 valence electrons. The van der Waals surface area contributed by atoms with Crippen LogP contribution in [0.4, 0.5) is 11.8 Å². The minimum Gasteiger partial charge on any atom is -0.381 e. The van der Waals surface area contributed by atoms with E-state index in [1.807, 2.05) is 13.1 Å². The minimum absolute atomic E-state index is 0.516. The van der Waals surface area contributed by atoms with Gasteiger partial charge in [-0.05, 0) is 26.7 Å². The zero-order chi connectivity index (χ0) is 13.0. The zero-order valence-electron chi connectivity index (χ0n) is 11.4. The topological polar surface area (TPSA) is 50.3 Å². The van der Waals surface area contributed by atoms with Crippen LogP contribution in [0.5, 0.6) is 0 Å². The molecule has 18 heavy (non-hydrogen) atoms. The molecule has 0 saturated carbocycles. The average Bonchev–Trinajstić information content (AvgIpc) is 2.41. The first kappa shape index (κ1) is 13.1. The Balaban J connectivity index is 2.16. The van der Waals surface area contributed by atoms with Crippen molar-refractivity contribution in [3.8, 4) is 0 Å². The van der Waals surface area contributed by atoms with E-state index in [-0.39, 0.29) is 0 Å². The van der Waals surface area contributed by atoms with E-state index < -0.39 is 0 Å². The molecule has 0 amide bonds. The zero-order valence-corrected chi connectivity index (χ0v) is 11.4. The number of nitrogens with one attached hydrogen (secondary N) is 1. The number of aromatic nitrogens is 2. The predicted octanol–water partition coefficient (Wildman–Crippen LogP) is 1.83. The molecule has 0 unspecified atom stereocenters. The van der Waals surface area contributed by atoms with E-state index in [0.29, 0.717) is 12.0 Å². The maximum atomic E-state index is 5.41. The van der Waals surface area contributed by atoms with Crippen molar-refractivity contribution in [1.82, 2.24) is 9.97 Å². The van der Waals surface area contributed by atoms with Gasteiger partial charge in [0.25, 0.3) is 0 Å². The number of ether oxygens (including phenoxy) is 1. The molecular formula is C13H22N4O. The van der Waals surface area contributed by atoms with E-state index in [9.17, 15) is 0 Å². The van der Waals surface area contributed by atoms with Gasteiger partial charge in [0, 0.05) is 44.6 Å². The lowest BCUT2D eigenvalue weighted by atomic mass is 10.1. The van der Waals surface area contributed by atoms with E-state index in [2.05, 4.69) is 34.2 Å². The number of aryl methyl sites for hydroxylation is 1. The van der Waals surface area contributed by atoms with E-state index in [1.165, 1.54) is 0 Å². The summed E-state index contributed by atoms with van der Waals surface area (Å²) < 4.78 is 5.41. The summed E-state index contributed by atoms with van der Waals surface area (Å²) in [6.07, 6.45) is 4.02. The Hall–Kier alpha value is -1.36. The van der Waals surface area contributed by atoms with Gasteiger partial charge in [-0.25, -0.2) is 4.98 Å². The van der Waals surface area contributed by atoms with Gasteiger partial charge < -0.3 is 15.0 Å². The van der Waals surface area contributed by atoms with Crippen molar-refractivity contribution in [2.24, 2.45) is 0 Å². The summed E-state index contributed by atoms with van der Waals surface area (Å²) >= 11 is 0. The highest BCUT2D eigenvalue weighted by Gasteiger charge is 2.21. The van der Waals surface area contributed by atoms with Crippen molar-refractivity contribution < 1.29 is 4.74 Å². The van der Waals surface area contributed by atoms with Crippen molar-refractivity contribution in [2.45, 2.75) is 32.7 Å². The quantitative estimate of drug-likeness (QED) is 0.883. The van der Waals surface area contributed by atoms with Gasteiger partial charge in [-0.2, -0.15) is 4.98 Å². The molecule has 2 rings (SSSR count). The molecule has 0 spiro atoms. The average molecular weight is 250 g/mol. The molecule has 1 aliphatic heterocycles. The second kappa shape index (κ2) is 6.00. The highest BCUT2D eigenvalue weighted by molar-refractivity contribution is 5.49. The second-order valence-corrected chi connectivity index (χ2v) is 4.69. The molecule has 1 N–H and O–H groups in total. The van der Waals surface area contributed by atoms with Gasteiger partial charge in [0.05, 0.1) is 0 Å². The third-order valence-corrected chi connectivity index (χ3v) is 3.35. The molecule has 0 aromatic carbocycles. The van der Waals surface area contributed by atoms with Gasteiger partial charge in [0.1, 0.15) is 5.82 Å². The molecule has 1 saturated heterocycles. The highest BCUT2D eigenvalue weighted by Crippen LogP contribution is 2.23. The van der Waals surface area contributed by atoms with Gasteiger partial charge in [0.15, 0.2) is 0 Å². The molecule has 2 heterocycles. The summed E-state index contributed by atoms with van der Waals surface area (Å²) in [5.74, 6) is 1.73. The fourth-order valence-electron chi connectivity index (χ4n) is 2.28. The van der Waals surface area contributed by atoms with Crippen LogP contribution < -0.4 is 10.2 Å². The maximum absolute atomic E-state index is 5.41. The van der Waals surface area contributed by atoms with Crippen LogP contribution in [-0.4, -0.2) is 42.8 Å². The molecule has 5 heteroatoms. The molecule has 1 aliphatic rings. The molecule has 5 nitrogen and oxygen atoms in total. The summed E-state index contributed by atoms with van der Waals surface area (Å²) in [4.78, 5) is 11.1. The highest BCUT2D eigenvalue weighted by atomic mass is 16.5. The Morgan fingerprint density at radius 3 is 2.83 bits per heavy atom. The van der Waals surface area contributed by atoms with Crippen LogP contribution in [0.2, 0.25) is 0 Å². The van der Waals surface area contributed by atoms with Crippen LogP contribution in [-0.2, 0) is 4.74 Å². The van der Waals surface area contributed by atoms with E-state index in [4.69, 9.17) is 4.74 Å². The SMILES string of the molecule is CCNc1ncc(C)c(N(C)C2CCOCC2)n1. The van der Waals surface area contributed by atoms with Crippen LogP contribution in [0.25, 0.3) is 0 Å². The minimum atomic E-state index is 0.516. The van der Waals surface area contributed by atoms with Gasteiger partial charge in [-0.3, -0.25) is 0 Å². The molecule has 1 fully saturated rings.